The molecule has 0 aliphatic heterocycles. The minimum Gasteiger partial charge on any atom is -0.337 e. The average molecular weight is 318 g/mol. The molecule has 0 heterocycles. The Morgan fingerprint density at radius 1 is 1.19 bits per heavy atom. The topological polar surface area (TPSA) is 75.3 Å². The fourth-order valence-electron chi connectivity index (χ4n) is 2.70. The SMILES string of the molecule is C[C@@H]1CC[C@H](NC(=O)NCCS(=O)(=O)C(C)(C)C)[C@@H](C)C1. The highest BCUT2D eigenvalue weighted by Crippen LogP contribution is 2.28. The molecule has 0 saturated heterocycles. The van der Waals surface area contributed by atoms with Crippen LogP contribution >= 0.6 is 0 Å². The number of urea groups is 1. The summed E-state index contributed by atoms with van der Waals surface area (Å²) in [5.41, 5.74) is 0. The summed E-state index contributed by atoms with van der Waals surface area (Å²) in [6.45, 7) is 9.57. The molecule has 5 nitrogen and oxygen atoms in total. The maximum absolute atomic E-state index is 11.9. The Kier molecular flexibility index (Phi) is 6.08. The summed E-state index contributed by atoms with van der Waals surface area (Å²) in [7, 11) is -3.19. The normalized spacial score (nSPS) is 27.2. The molecule has 21 heavy (non-hydrogen) atoms. The number of rotatable bonds is 4. The number of hydrogen-bond donors (Lipinski definition) is 2. The molecule has 124 valence electrons. The van der Waals surface area contributed by atoms with Crippen molar-refractivity contribution in [2.24, 2.45) is 11.8 Å². The molecule has 1 aliphatic carbocycles. The lowest BCUT2D eigenvalue weighted by Gasteiger charge is -2.33. The van der Waals surface area contributed by atoms with Crippen LogP contribution in [0.2, 0.25) is 0 Å². The quantitative estimate of drug-likeness (QED) is 0.835. The van der Waals surface area contributed by atoms with Crippen LogP contribution in [-0.4, -0.2) is 37.5 Å². The second-order valence-electron chi connectivity index (χ2n) is 7.33. The van der Waals surface area contributed by atoms with E-state index in [-0.39, 0.29) is 24.4 Å². The summed E-state index contributed by atoms with van der Waals surface area (Å²) in [6, 6.07) is -0.0639. The van der Waals surface area contributed by atoms with E-state index in [1.54, 1.807) is 20.8 Å². The number of hydrogen-bond acceptors (Lipinski definition) is 3. The van der Waals surface area contributed by atoms with Crippen molar-refractivity contribution in [3.63, 3.8) is 0 Å². The van der Waals surface area contributed by atoms with Crippen LogP contribution in [-0.2, 0) is 9.84 Å². The second kappa shape index (κ2) is 6.99. The molecule has 1 saturated carbocycles. The Bertz CT molecular complexity index is 454. The summed E-state index contributed by atoms with van der Waals surface area (Å²) < 4.78 is 23.1. The Morgan fingerprint density at radius 2 is 1.81 bits per heavy atom. The van der Waals surface area contributed by atoms with Gasteiger partial charge in [0.15, 0.2) is 9.84 Å². The molecule has 6 heteroatoms. The first-order valence-corrected chi connectivity index (χ1v) is 9.45. The van der Waals surface area contributed by atoms with Crippen molar-refractivity contribution in [1.82, 2.24) is 10.6 Å². The molecule has 1 aliphatic rings. The van der Waals surface area contributed by atoms with Crippen molar-refractivity contribution in [3.05, 3.63) is 0 Å². The van der Waals surface area contributed by atoms with Crippen LogP contribution in [0.5, 0.6) is 0 Å². The van der Waals surface area contributed by atoms with Crippen LogP contribution in [0.1, 0.15) is 53.9 Å². The number of carbonyl (C=O) groups is 1. The molecule has 0 bridgehead atoms. The molecule has 0 spiro atoms. The number of carbonyl (C=O) groups excluding carboxylic acids is 1. The van der Waals surface area contributed by atoms with Gasteiger partial charge in [-0.05, 0) is 51.9 Å². The molecule has 0 radical (unpaired) electrons. The zero-order valence-electron chi connectivity index (χ0n) is 13.9. The smallest absolute Gasteiger partial charge is 0.315 e. The van der Waals surface area contributed by atoms with Crippen LogP contribution in [0, 0.1) is 11.8 Å². The van der Waals surface area contributed by atoms with E-state index in [2.05, 4.69) is 24.5 Å². The summed E-state index contributed by atoms with van der Waals surface area (Å²) in [5.74, 6) is 1.16. The van der Waals surface area contributed by atoms with Gasteiger partial charge in [-0.2, -0.15) is 0 Å². The zero-order chi connectivity index (χ0) is 16.3. The molecule has 0 unspecified atom stereocenters. The third-order valence-electron chi connectivity index (χ3n) is 4.34. The molecule has 0 aromatic carbocycles. The van der Waals surface area contributed by atoms with Gasteiger partial charge in [0.1, 0.15) is 0 Å². The third-order valence-corrected chi connectivity index (χ3v) is 6.94. The highest BCUT2D eigenvalue weighted by molar-refractivity contribution is 7.92. The molecule has 0 aromatic heterocycles. The van der Waals surface area contributed by atoms with Crippen molar-refractivity contribution in [2.45, 2.75) is 64.7 Å². The van der Waals surface area contributed by atoms with Crippen molar-refractivity contribution >= 4 is 15.9 Å². The van der Waals surface area contributed by atoms with Gasteiger partial charge in [0.05, 0.1) is 10.5 Å². The van der Waals surface area contributed by atoms with Gasteiger partial charge in [-0.25, -0.2) is 13.2 Å². The molecule has 2 amide bonds. The van der Waals surface area contributed by atoms with Gasteiger partial charge in [0.25, 0.3) is 0 Å². The summed E-state index contributed by atoms with van der Waals surface area (Å²) in [4.78, 5) is 11.9. The molecule has 0 aromatic rings. The first-order valence-electron chi connectivity index (χ1n) is 7.79. The second-order valence-corrected chi connectivity index (χ2v) is 10.2. The maximum atomic E-state index is 11.9. The number of amides is 2. The van der Waals surface area contributed by atoms with Gasteiger partial charge in [-0.1, -0.05) is 13.8 Å². The van der Waals surface area contributed by atoms with Crippen LogP contribution in [0.15, 0.2) is 0 Å². The Hall–Kier alpha value is -0.780. The minimum absolute atomic E-state index is 0.0266. The lowest BCUT2D eigenvalue weighted by Crippen LogP contribution is -2.48. The van der Waals surface area contributed by atoms with E-state index in [9.17, 15) is 13.2 Å². The predicted octanol–water partition coefficient (Wildman–Crippen LogP) is 2.32. The number of nitrogens with one attached hydrogen (secondary N) is 2. The summed E-state index contributed by atoms with van der Waals surface area (Å²) >= 11 is 0. The van der Waals surface area contributed by atoms with E-state index in [0.29, 0.717) is 5.92 Å². The molecule has 3 atom stereocenters. The summed E-state index contributed by atoms with van der Waals surface area (Å²) in [6.07, 6.45) is 3.26. The third kappa shape index (κ3) is 5.49. The van der Waals surface area contributed by atoms with E-state index in [0.717, 1.165) is 25.2 Å². The lowest BCUT2D eigenvalue weighted by atomic mass is 9.80. The first-order chi connectivity index (χ1) is 9.53. The van der Waals surface area contributed by atoms with Gasteiger partial charge in [-0.3, -0.25) is 0 Å². The molecule has 1 fully saturated rings. The standard InChI is InChI=1S/C15H30N2O3S/c1-11-6-7-13(12(2)10-11)17-14(18)16-8-9-21(19,20)15(3,4)5/h11-13H,6-10H2,1-5H3,(H2,16,17,18)/t11-,12+,13+/m1/s1. The van der Waals surface area contributed by atoms with E-state index >= 15 is 0 Å². The van der Waals surface area contributed by atoms with E-state index in [4.69, 9.17) is 0 Å². The molecular weight excluding hydrogens is 288 g/mol. The van der Waals surface area contributed by atoms with Crippen LogP contribution < -0.4 is 10.6 Å². The minimum atomic E-state index is -3.19. The van der Waals surface area contributed by atoms with Crippen molar-refractivity contribution < 1.29 is 13.2 Å². The zero-order valence-corrected chi connectivity index (χ0v) is 14.7. The molecule has 2 N–H and O–H groups in total. The molecular formula is C15H30N2O3S. The fraction of sp³-hybridized carbons (Fsp3) is 0.933. The van der Waals surface area contributed by atoms with Gasteiger partial charge < -0.3 is 10.6 Å². The van der Waals surface area contributed by atoms with E-state index in [1.165, 1.54) is 0 Å². The monoisotopic (exact) mass is 318 g/mol. The van der Waals surface area contributed by atoms with Gasteiger partial charge in [-0.15, -0.1) is 0 Å². The van der Waals surface area contributed by atoms with Crippen molar-refractivity contribution in [1.29, 1.82) is 0 Å². The van der Waals surface area contributed by atoms with E-state index < -0.39 is 14.6 Å². The number of sulfone groups is 1. The van der Waals surface area contributed by atoms with Crippen LogP contribution in [0.25, 0.3) is 0 Å². The highest BCUT2D eigenvalue weighted by Gasteiger charge is 2.29. The largest absolute Gasteiger partial charge is 0.337 e. The average Bonchev–Trinajstić information content (AvgIpc) is 2.31. The molecule has 1 rings (SSSR count). The van der Waals surface area contributed by atoms with E-state index in [1.807, 2.05) is 0 Å². The highest BCUT2D eigenvalue weighted by atomic mass is 32.2. The Labute approximate surface area is 129 Å². The summed E-state index contributed by atoms with van der Waals surface area (Å²) in [5, 5.41) is 5.63. The van der Waals surface area contributed by atoms with Gasteiger partial charge >= 0.3 is 6.03 Å². The van der Waals surface area contributed by atoms with Gasteiger partial charge in [0.2, 0.25) is 0 Å². The lowest BCUT2D eigenvalue weighted by molar-refractivity contribution is 0.207. The van der Waals surface area contributed by atoms with Gasteiger partial charge in [0, 0.05) is 12.6 Å². The Balaban J connectivity index is 2.35. The van der Waals surface area contributed by atoms with Crippen molar-refractivity contribution in [3.8, 4) is 0 Å². The van der Waals surface area contributed by atoms with Crippen molar-refractivity contribution in [2.75, 3.05) is 12.3 Å². The Morgan fingerprint density at radius 3 is 2.33 bits per heavy atom. The van der Waals surface area contributed by atoms with Crippen LogP contribution in [0.3, 0.4) is 0 Å². The first kappa shape index (κ1) is 18.3. The fourth-order valence-corrected chi connectivity index (χ4v) is 3.69. The maximum Gasteiger partial charge on any atom is 0.315 e. The van der Waals surface area contributed by atoms with Crippen LogP contribution in [0.4, 0.5) is 4.79 Å². The predicted molar refractivity (Wildman–Crippen MR) is 86.0 cm³/mol.